The van der Waals surface area contributed by atoms with Gasteiger partial charge in [-0.25, -0.2) is 9.07 Å². The molecule has 0 saturated carbocycles. The number of benzene rings is 1. The van der Waals surface area contributed by atoms with Crippen LogP contribution in [0.1, 0.15) is 11.7 Å². The highest BCUT2D eigenvalue weighted by molar-refractivity contribution is 6.30. The van der Waals surface area contributed by atoms with Gasteiger partial charge in [0.2, 0.25) is 0 Å². The van der Waals surface area contributed by atoms with Gasteiger partial charge in [0.05, 0.1) is 24.3 Å². The molecule has 122 valence electrons. The van der Waals surface area contributed by atoms with Gasteiger partial charge >= 0.3 is 0 Å². The Morgan fingerprint density at radius 2 is 2.30 bits per heavy atom. The summed E-state index contributed by atoms with van der Waals surface area (Å²) in [6, 6.07) is 7.75. The molecule has 1 N–H and O–H groups in total. The third-order valence-electron chi connectivity index (χ3n) is 3.88. The molecule has 0 amide bonds. The van der Waals surface area contributed by atoms with E-state index in [2.05, 4.69) is 10.4 Å². The highest BCUT2D eigenvalue weighted by Gasteiger charge is 2.27. The van der Waals surface area contributed by atoms with Gasteiger partial charge in [-0.1, -0.05) is 17.7 Å². The topological polar surface area (TPSA) is 56.2 Å². The number of hydrogen-bond donors (Lipinski definition) is 1. The number of nitrogens with zero attached hydrogens (tertiary/aromatic N) is 2. The van der Waals surface area contributed by atoms with Crippen molar-refractivity contribution in [2.24, 2.45) is 5.92 Å². The molecule has 2 aromatic rings. The molecule has 0 radical (unpaired) electrons. The van der Waals surface area contributed by atoms with Crippen LogP contribution in [0.3, 0.4) is 0 Å². The molecule has 0 bridgehead atoms. The predicted molar refractivity (Wildman–Crippen MR) is 85.0 cm³/mol. The lowest BCUT2D eigenvalue weighted by atomic mass is 9.95. The zero-order valence-electron chi connectivity index (χ0n) is 12.4. The first kappa shape index (κ1) is 16.1. The van der Waals surface area contributed by atoms with Gasteiger partial charge < -0.3 is 10.1 Å². The summed E-state index contributed by atoms with van der Waals surface area (Å²) >= 11 is 5.76. The monoisotopic (exact) mass is 337 g/mol. The molecule has 5 nitrogen and oxygen atoms in total. The van der Waals surface area contributed by atoms with E-state index < -0.39 is 5.82 Å². The molecule has 1 saturated heterocycles. The van der Waals surface area contributed by atoms with Crippen LogP contribution >= 0.6 is 11.6 Å². The van der Waals surface area contributed by atoms with Crippen LogP contribution < -0.4 is 10.9 Å². The largest absolute Gasteiger partial charge is 0.372 e. The highest BCUT2D eigenvalue weighted by Crippen LogP contribution is 2.30. The number of rotatable bonds is 3. The van der Waals surface area contributed by atoms with Gasteiger partial charge in [-0.3, -0.25) is 4.79 Å². The summed E-state index contributed by atoms with van der Waals surface area (Å²) in [6.45, 7) is 2.27. The fourth-order valence-electron chi connectivity index (χ4n) is 2.75. The molecule has 2 heterocycles. The average molecular weight is 338 g/mol. The van der Waals surface area contributed by atoms with E-state index in [-0.39, 0.29) is 22.6 Å². The van der Waals surface area contributed by atoms with Crippen LogP contribution in [0.4, 0.5) is 4.39 Å². The molecule has 1 aromatic carbocycles. The summed E-state index contributed by atoms with van der Waals surface area (Å²) in [6.07, 6.45) is 1.24. The Hall–Kier alpha value is -1.76. The third-order valence-corrected chi connectivity index (χ3v) is 4.18. The van der Waals surface area contributed by atoms with Gasteiger partial charge in [-0.15, -0.1) is 0 Å². The molecule has 0 aliphatic carbocycles. The summed E-state index contributed by atoms with van der Waals surface area (Å²) in [7, 11) is 0. The molecule has 2 atom stereocenters. The molecule has 23 heavy (non-hydrogen) atoms. The van der Waals surface area contributed by atoms with Crippen molar-refractivity contribution in [3.63, 3.8) is 0 Å². The SMILES string of the molecule is O=c1cccnn1CC1CNCCOC1c1ccc(Cl)c(F)c1. The number of hydrogen-bond acceptors (Lipinski definition) is 4. The molecule has 7 heteroatoms. The lowest BCUT2D eigenvalue weighted by molar-refractivity contribution is 0.0236. The van der Waals surface area contributed by atoms with E-state index in [0.29, 0.717) is 31.8 Å². The van der Waals surface area contributed by atoms with E-state index in [1.54, 1.807) is 18.3 Å². The van der Waals surface area contributed by atoms with Crippen molar-refractivity contribution < 1.29 is 9.13 Å². The minimum atomic E-state index is -0.473. The van der Waals surface area contributed by atoms with Gasteiger partial charge in [0, 0.05) is 31.3 Å². The fourth-order valence-corrected chi connectivity index (χ4v) is 2.87. The molecular formula is C16H17ClFN3O2. The van der Waals surface area contributed by atoms with Crippen molar-refractivity contribution in [3.05, 3.63) is 63.3 Å². The molecule has 1 aliphatic heterocycles. The lowest BCUT2D eigenvalue weighted by Gasteiger charge is -2.25. The molecule has 0 spiro atoms. The maximum atomic E-state index is 13.8. The third kappa shape index (κ3) is 3.77. The Labute approximate surface area is 138 Å². The van der Waals surface area contributed by atoms with Gasteiger partial charge in [0.25, 0.3) is 5.56 Å². The minimum absolute atomic E-state index is 0.0503. The zero-order chi connectivity index (χ0) is 16.2. The first-order valence-corrected chi connectivity index (χ1v) is 7.82. The van der Waals surface area contributed by atoms with Crippen molar-refractivity contribution in [1.82, 2.24) is 15.1 Å². The average Bonchev–Trinajstić information content (AvgIpc) is 2.78. The van der Waals surface area contributed by atoms with E-state index in [4.69, 9.17) is 16.3 Å². The first-order chi connectivity index (χ1) is 11.1. The number of halogens is 2. The second-order valence-corrected chi connectivity index (χ2v) is 5.88. The number of nitrogens with one attached hydrogen (secondary N) is 1. The van der Waals surface area contributed by atoms with E-state index in [1.807, 2.05) is 0 Å². The van der Waals surface area contributed by atoms with Crippen molar-refractivity contribution >= 4 is 11.6 Å². The Kier molecular flexibility index (Phi) is 5.05. The summed E-state index contributed by atoms with van der Waals surface area (Å²) in [5, 5.41) is 7.44. The molecule has 1 fully saturated rings. The van der Waals surface area contributed by atoms with Crippen LogP contribution in [0.25, 0.3) is 0 Å². The van der Waals surface area contributed by atoms with Crippen molar-refractivity contribution in [3.8, 4) is 0 Å². The Morgan fingerprint density at radius 1 is 1.43 bits per heavy atom. The van der Waals surface area contributed by atoms with E-state index in [0.717, 1.165) is 0 Å². The fraction of sp³-hybridized carbons (Fsp3) is 0.375. The minimum Gasteiger partial charge on any atom is -0.372 e. The number of aromatic nitrogens is 2. The van der Waals surface area contributed by atoms with Crippen LogP contribution in [-0.4, -0.2) is 29.5 Å². The predicted octanol–water partition coefficient (Wildman–Crippen LogP) is 2.01. The molecule has 1 aromatic heterocycles. The standard InChI is InChI=1S/C16H17ClFN3O2/c17-13-4-3-11(8-14(13)18)16-12(9-19-6-7-23-16)10-21-15(22)2-1-5-20-21/h1-5,8,12,16,19H,6-7,9-10H2. The van der Waals surface area contributed by atoms with Crippen LogP contribution in [0.15, 0.2) is 41.3 Å². The maximum absolute atomic E-state index is 13.8. The molecular weight excluding hydrogens is 321 g/mol. The second kappa shape index (κ2) is 7.21. The summed E-state index contributed by atoms with van der Waals surface area (Å²) < 4.78 is 21.1. The normalized spacial score (nSPS) is 21.8. The highest BCUT2D eigenvalue weighted by atomic mass is 35.5. The summed E-state index contributed by atoms with van der Waals surface area (Å²) in [5.74, 6) is -0.524. The van der Waals surface area contributed by atoms with E-state index >= 15 is 0 Å². The summed E-state index contributed by atoms with van der Waals surface area (Å²) in [5.41, 5.74) is 0.544. The molecule has 1 aliphatic rings. The maximum Gasteiger partial charge on any atom is 0.266 e. The lowest BCUT2D eigenvalue weighted by Crippen LogP contribution is -2.33. The van der Waals surface area contributed by atoms with Crippen LogP contribution in [-0.2, 0) is 11.3 Å². The Morgan fingerprint density at radius 3 is 3.09 bits per heavy atom. The Bertz CT molecular complexity index is 737. The van der Waals surface area contributed by atoms with Gasteiger partial charge in [0.15, 0.2) is 0 Å². The smallest absolute Gasteiger partial charge is 0.266 e. The van der Waals surface area contributed by atoms with Crippen LogP contribution in [0.2, 0.25) is 5.02 Å². The van der Waals surface area contributed by atoms with Crippen LogP contribution in [0.5, 0.6) is 0 Å². The molecule has 2 unspecified atom stereocenters. The first-order valence-electron chi connectivity index (χ1n) is 7.44. The van der Waals surface area contributed by atoms with Crippen molar-refractivity contribution in [2.45, 2.75) is 12.6 Å². The van der Waals surface area contributed by atoms with Gasteiger partial charge in [-0.05, 0) is 23.8 Å². The number of ether oxygens (including phenoxy) is 1. The van der Waals surface area contributed by atoms with E-state index in [9.17, 15) is 9.18 Å². The van der Waals surface area contributed by atoms with Gasteiger partial charge in [0.1, 0.15) is 5.82 Å². The quantitative estimate of drug-likeness (QED) is 0.931. The van der Waals surface area contributed by atoms with Gasteiger partial charge in [-0.2, -0.15) is 5.10 Å². The molecule has 3 rings (SSSR count). The zero-order valence-corrected chi connectivity index (χ0v) is 13.2. The van der Waals surface area contributed by atoms with Crippen molar-refractivity contribution in [1.29, 1.82) is 0 Å². The van der Waals surface area contributed by atoms with Crippen LogP contribution in [0, 0.1) is 11.7 Å². The second-order valence-electron chi connectivity index (χ2n) is 5.47. The summed E-state index contributed by atoms with van der Waals surface area (Å²) in [4.78, 5) is 11.9. The Balaban J connectivity index is 1.89. The van der Waals surface area contributed by atoms with Crippen molar-refractivity contribution in [2.75, 3.05) is 19.7 Å². The van der Waals surface area contributed by atoms with E-state index in [1.165, 1.54) is 22.9 Å².